The van der Waals surface area contributed by atoms with E-state index in [4.69, 9.17) is 4.74 Å². The van der Waals surface area contributed by atoms with E-state index in [-0.39, 0.29) is 36.7 Å². The number of halogens is 1. The van der Waals surface area contributed by atoms with Crippen LogP contribution in [0.2, 0.25) is 0 Å². The summed E-state index contributed by atoms with van der Waals surface area (Å²) in [5, 5.41) is 16.1. The fourth-order valence-electron chi connectivity index (χ4n) is 1.23. The summed E-state index contributed by atoms with van der Waals surface area (Å²) in [6.45, 7) is 2.34. The van der Waals surface area contributed by atoms with Crippen LogP contribution in [-0.2, 0) is 4.79 Å². The number of nitro benzene ring substituents is 1. The number of amides is 1. The maximum absolute atomic E-state index is 11.4. The first-order valence-corrected chi connectivity index (χ1v) is 5.84. The van der Waals surface area contributed by atoms with Crippen LogP contribution in [-0.4, -0.2) is 37.1 Å². The summed E-state index contributed by atoms with van der Waals surface area (Å²) < 4.78 is 5.21. The number of nitrogens with zero attached hydrogens (tertiary/aromatic N) is 1. The molecule has 112 valence electrons. The van der Waals surface area contributed by atoms with E-state index < -0.39 is 4.92 Å². The van der Waals surface area contributed by atoms with Crippen molar-refractivity contribution in [1.82, 2.24) is 10.6 Å². The Morgan fingerprint density at radius 1 is 1.40 bits per heavy atom. The van der Waals surface area contributed by atoms with Crippen molar-refractivity contribution in [3.63, 3.8) is 0 Å². The first-order chi connectivity index (χ1) is 9.02. The van der Waals surface area contributed by atoms with Crippen molar-refractivity contribution in [1.29, 1.82) is 0 Å². The third-order valence-corrected chi connectivity index (χ3v) is 2.52. The highest BCUT2D eigenvalue weighted by Gasteiger charge is 2.07. The monoisotopic (exact) mass is 303 g/mol. The fraction of sp³-hybridized carbons (Fsp3) is 0.417. The molecule has 1 aromatic carbocycles. The largest absolute Gasteiger partial charge is 0.484 e. The van der Waals surface area contributed by atoms with E-state index in [0.717, 1.165) is 0 Å². The Hall–Kier alpha value is -1.86. The van der Waals surface area contributed by atoms with Crippen LogP contribution in [0.3, 0.4) is 0 Å². The molecule has 20 heavy (non-hydrogen) atoms. The second-order valence-corrected chi connectivity index (χ2v) is 4.03. The predicted octanol–water partition coefficient (Wildman–Crippen LogP) is 1.12. The van der Waals surface area contributed by atoms with Gasteiger partial charge in [0.25, 0.3) is 11.6 Å². The highest BCUT2D eigenvalue weighted by Crippen LogP contribution is 2.16. The number of carbonyl (C=O) groups excluding carboxylic acids is 1. The fourth-order valence-corrected chi connectivity index (χ4v) is 1.23. The molecular formula is C12H18ClN3O4. The average molecular weight is 304 g/mol. The van der Waals surface area contributed by atoms with E-state index in [9.17, 15) is 14.9 Å². The third-order valence-electron chi connectivity index (χ3n) is 2.52. The molecule has 0 radical (unpaired) electrons. The molecule has 7 nitrogen and oxygen atoms in total. The number of likely N-dealkylation sites (N-methyl/N-ethyl adjacent to an activating group) is 1. The lowest BCUT2D eigenvalue weighted by molar-refractivity contribution is -0.384. The van der Waals surface area contributed by atoms with Gasteiger partial charge in [0, 0.05) is 24.7 Å². The summed E-state index contributed by atoms with van der Waals surface area (Å²) in [5.74, 6) is 0.183. The average Bonchev–Trinajstić information content (AvgIpc) is 2.42. The van der Waals surface area contributed by atoms with Gasteiger partial charge in [0.1, 0.15) is 5.75 Å². The SMILES string of the molecule is CNC(C)CNC(=O)COc1ccc([N+](=O)[O-])cc1.Cl. The molecule has 0 saturated carbocycles. The minimum Gasteiger partial charge on any atom is -0.484 e. The number of carbonyl (C=O) groups is 1. The van der Waals surface area contributed by atoms with Crippen LogP contribution in [0.25, 0.3) is 0 Å². The van der Waals surface area contributed by atoms with Crippen LogP contribution in [0.5, 0.6) is 5.75 Å². The molecule has 0 aliphatic rings. The van der Waals surface area contributed by atoms with E-state index in [2.05, 4.69) is 10.6 Å². The Morgan fingerprint density at radius 3 is 2.50 bits per heavy atom. The van der Waals surface area contributed by atoms with Gasteiger partial charge in [-0.1, -0.05) is 0 Å². The molecular weight excluding hydrogens is 286 g/mol. The summed E-state index contributed by atoms with van der Waals surface area (Å²) >= 11 is 0. The lowest BCUT2D eigenvalue weighted by atomic mass is 10.3. The minimum absolute atomic E-state index is 0. The molecule has 8 heteroatoms. The van der Waals surface area contributed by atoms with Gasteiger partial charge < -0.3 is 15.4 Å². The Bertz CT molecular complexity index is 439. The Morgan fingerprint density at radius 2 is 2.00 bits per heavy atom. The number of non-ortho nitro benzene ring substituents is 1. The van der Waals surface area contributed by atoms with Crippen LogP contribution in [0.15, 0.2) is 24.3 Å². The number of hydrogen-bond donors (Lipinski definition) is 2. The van der Waals surface area contributed by atoms with Crippen molar-refractivity contribution in [3.05, 3.63) is 34.4 Å². The molecule has 1 unspecified atom stereocenters. The van der Waals surface area contributed by atoms with Gasteiger partial charge in [0.05, 0.1) is 4.92 Å². The van der Waals surface area contributed by atoms with Crippen molar-refractivity contribution in [3.8, 4) is 5.75 Å². The van der Waals surface area contributed by atoms with E-state index in [1.165, 1.54) is 24.3 Å². The molecule has 0 fully saturated rings. The first kappa shape index (κ1) is 18.1. The van der Waals surface area contributed by atoms with Crippen molar-refractivity contribution in [2.45, 2.75) is 13.0 Å². The van der Waals surface area contributed by atoms with E-state index in [1.807, 2.05) is 14.0 Å². The van der Waals surface area contributed by atoms with Gasteiger partial charge in [-0.3, -0.25) is 14.9 Å². The standard InChI is InChI=1S/C12H17N3O4.ClH/c1-9(13-2)7-14-12(16)8-19-11-5-3-10(4-6-11)15(17)18;/h3-6,9,13H,7-8H2,1-2H3,(H,14,16);1H. The zero-order valence-electron chi connectivity index (χ0n) is 11.3. The molecule has 1 amide bonds. The number of benzene rings is 1. The summed E-state index contributed by atoms with van der Waals surface area (Å²) in [6, 6.07) is 5.76. The number of nitrogens with one attached hydrogen (secondary N) is 2. The van der Waals surface area contributed by atoms with Crippen molar-refractivity contribution in [2.75, 3.05) is 20.2 Å². The molecule has 1 rings (SSSR count). The number of hydrogen-bond acceptors (Lipinski definition) is 5. The van der Waals surface area contributed by atoms with E-state index in [1.54, 1.807) is 0 Å². The van der Waals surface area contributed by atoms with E-state index in [0.29, 0.717) is 12.3 Å². The molecule has 0 bridgehead atoms. The molecule has 0 aliphatic heterocycles. The Balaban J connectivity index is 0.00000361. The number of rotatable bonds is 7. The van der Waals surface area contributed by atoms with Crippen LogP contribution in [0.1, 0.15) is 6.92 Å². The zero-order chi connectivity index (χ0) is 14.3. The Labute approximate surface area is 123 Å². The van der Waals surface area contributed by atoms with Gasteiger partial charge in [0.15, 0.2) is 6.61 Å². The molecule has 0 spiro atoms. The summed E-state index contributed by atoms with van der Waals surface area (Å²) in [5.41, 5.74) is -0.0142. The summed E-state index contributed by atoms with van der Waals surface area (Å²) in [7, 11) is 1.81. The molecule has 2 N–H and O–H groups in total. The highest BCUT2D eigenvalue weighted by molar-refractivity contribution is 5.85. The van der Waals surface area contributed by atoms with Gasteiger partial charge >= 0.3 is 0 Å². The van der Waals surface area contributed by atoms with Crippen molar-refractivity contribution >= 4 is 24.0 Å². The lowest BCUT2D eigenvalue weighted by Crippen LogP contribution is -2.39. The maximum atomic E-state index is 11.4. The second-order valence-electron chi connectivity index (χ2n) is 4.03. The minimum atomic E-state index is -0.490. The topological polar surface area (TPSA) is 93.5 Å². The van der Waals surface area contributed by atoms with E-state index >= 15 is 0 Å². The molecule has 0 heterocycles. The molecule has 0 saturated heterocycles. The Kier molecular flexibility index (Phi) is 8.26. The lowest BCUT2D eigenvalue weighted by Gasteiger charge is -2.11. The summed E-state index contributed by atoms with van der Waals surface area (Å²) in [6.07, 6.45) is 0. The van der Waals surface area contributed by atoms with Gasteiger partial charge in [-0.05, 0) is 26.1 Å². The summed E-state index contributed by atoms with van der Waals surface area (Å²) in [4.78, 5) is 21.4. The van der Waals surface area contributed by atoms with Gasteiger partial charge in [-0.15, -0.1) is 12.4 Å². The van der Waals surface area contributed by atoms with Crippen LogP contribution in [0.4, 0.5) is 5.69 Å². The normalized spacial score (nSPS) is 11.1. The predicted molar refractivity (Wildman–Crippen MR) is 77.4 cm³/mol. The van der Waals surface area contributed by atoms with Gasteiger partial charge in [-0.25, -0.2) is 0 Å². The molecule has 0 aliphatic carbocycles. The maximum Gasteiger partial charge on any atom is 0.269 e. The highest BCUT2D eigenvalue weighted by atomic mass is 35.5. The van der Waals surface area contributed by atoms with Crippen molar-refractivity contribution < 1.29 is 14.5 Å². The van der Waals surface area contributed by atoms with Gasteiger partial charge in [0.2, 0.25) is 0 Å². The van der Waals surface area contributed by atoms with Gasteiger partial charge in [-0.2, -0.15) is 0 Å². The molecule has 1 aromatic rings. The smallest absolute Gasteiger partial charge is 0.269 e. The van der Waals surface area contributed by atoms with Crippen LogP contribution in [0, 0.1) is 10.1 Å². The van der Waals surface area contributed by atoms with Crippen LogP contribution < -0.4 is 15.4 Å². The first-order valence-electron chi connectivity index (χ1n) is 5.84. The second kappa shape index (κ2) is 9.11. The number of ether oxygens (including phenoxy) is 1. The molecule has 1 atom stereocenters. The third kappa shape index (κ3) is 6.35. The quantitative estimate of drug-likeness (QED) is 0.581. The van der Waals surface area contributed by atoms with Crippen LogP contribution >= 0.6 is 12.4 Å². The zero-order valence-corrected chi connectivity index (χ0v) is 12.1. The molecule has 0 aromatic heterocycles. The number of nitro groups is 1. The van der Waals surface area contributed by atoms with Crippen molar-refractivity contribution in [2.24, 2.45) is 0 Å².